The largest absolute Gasteiger partial charge is 0.489 e. The van der Waals surface area contributed by atoms with Gasteiger partial charge in [-0.2, -0.15) is 0 Å². The van der Waals surface area contributed by atoms with E-state index < -0.39 is 30.0 Å². The molecule has 7 aromatic rings. The highest BCUT2D eigenvalue weighted by Gasteiger charge is 2.32. The third-order valence-electron chi connectivity index (χ3n) is 14.1. The summed E-state index contributed by atoms with van der Waals surface area (Å²) in [5.41, 5.74) is 10.4. The molecule has 82 heavy (non-hydrogen) atoms. The minimum absolute atomic E-state index is 0.100. The van der Waals surface area contributed by atoms with E-state index in [4.69, 9.17) is 40.7 Å². The lowest BCUT2D eigenvalue weighted by Crippen LogP contribution is -2.49. The number of carbonyl (C=O) groups excluding carboxylic acids is 2. The molecular formula is C63H55ClF3N5O10. The van der Waals surface area contributed by atoms with Crippen molar-refractivity contribution in [1.82, 2.24) is 10.2 Å². The third-order valence-corrected chi connectivity index (χ3v) is 14.4. The SMILES string of the molecule is CCOC(=O)C1=NOCc2cc(-c3ccc(F)cc3)ccc21.O=C(N[C@H](CN1CCCC1)[C@H](O)c1ccc(OC2CC2)c(Cl)c1)C1=NOCc2cc(-c3ccc(F)cc3)ccc21.O=C(O)C1=NOCc2cc(-c3ccc(F)cc3)ccc21. The number of halogens is 4. The van der Waals surface area contributed by atoms with E-state index in [-0.39, 0.29) is 67.1 Å². The van der Waals surface area contributed by atoms with Crippen molar-refractivity contribution in [3.63, 3.8) is 0 Å². The summed E-state index contributed by atoms with van der Waals surface area (Å²) in [5.74, 6) is -2.33. The highest BCUT2D eigenvalue weighted by atomic mass is 35.5. The van der Waals surface area contributed by atoms with Crippen LogP contribution in [0.5, 0.6) is 5.75 Å². The van der Waals surface area contributed by atoms with Gasteiger partial charge < -0.3 is 44.4 Å². The summed E-state index contributed by atoms with van der Waals surface area (Å²) >= 11 is 6.48. The number of aliphatic carboxylic acids is 1. The third kappa shape index (κ3) is 13.7. The number of nitrogens with one attached hydrogen (secondary N) is 1. The molecule has 1 saturated carbocycles. The first-order chi connectivity index (χ1) is 39.8. The number of amides is 1. The van der Waals surface area contributed by atoms with Crippen LogP contribution in [0.2, 0.25) is 5.02 Å². The number of carboxylic acids is 1. The van der Waals surface area contributed by atoms with Crippen molar-refractivity contribution in [1.29, 1.82) is 0 Å². The summed E-state index contributed by atoms with van der Waals surface area (Å²) in [7, 11) is 0. The Labute approximate surface area is 475 Å². The molecule has 2 atom stereocenters. The number of hydrogen-bond donors (Lipinski definition) is 3. The molecule has 420 valence electrons. The lowest BCUT2D eigenvalue weighted by atomic mass is 9.95. The number of ether oxygens (including phenoxy) is 2. The topological polar surface area (TPSA) is 190 Å². The van der Waals surface area contributed by atoms with Gasteiger partial charge in [0.25, 0.3) is 5.91 Å². The number of likely N-dealkylation sites (tertiary alicyclic amines) is 1. The Morgan fingerprint density at radius 1 is 0.622 bits per heavy atom. The highest BCUT2D eigenvalue weighted by Crippen LogP contribution is 2.35. The molecule has 4 aliphatic heterocycles. The predicted molar refractivity (Wildman–Crippen MR) is 301 cm³/mol. The van der Waals surface area contributed by atoms with E-state index in [0.29, 0.717) is 39.6 Å². The maximum absolute atomic E-state index is 13.6. The molecule has 7 aromatic carbocycles. The Balaban J connectivity index is 0.000000151. The van der Waals surface area contributed by atoms with Gasteiger partial charge in [0.1, 0.15) is 49.1 Å². The highest BCUT2D eigenvalue weighted by molar-refractivity contribution is 6.46. The summed E-state index contributed by atoms with van der Waals surface area (Å²) in [6, 6.07) is 39.8. The van der Waals surface area contributed by atoms with Gasteiger partial charge in [0.15, 0.2) is 17.1 Å². The number of fused-ring (bicyclic) bond motifs is 3. The Morgan fingerprint density at radius 3 is 1.51 bits per heavy atom. The molecule has 0 unspecified atom stereocenters. The van der Waals surface area contributed by atoms with Gasteiger partial charge >= 0.3 is 11.9 Å². The number of esters is 1. The van der Waals surface area contributed by atoms with Crippen LogP contribution in [0.15, 0.2) is 161 Å². The molecule has 4 heterocycles. The molecule has 0 radical (unpaired) electrons. The first-order valence-corrected chi connectivity index (χ1v) is 27.0. The van der Waals surface area contributed by atoms with Crippen LogP contribution in [0, 0.1) is 17.5 Å². The summed E-state index contributed by atoms with van der Waals surface area (Å²) < 4.78 is 50.1. The molecule has 15 nitrogen and oxygen atoms in total. The van der Waals surface area contributed by atoms with Crippen molar-refractivity contribution in [3.05, 3.63) is 207 Å². The second kappa shape index (κ2) is 25.7. The summed E-state index contributed by atoms with van der Waals surface area (Å²) in [5, 5.41) is 35.4. The Hall–Kier alpha value is -8.84. The van der Waals surface area contributed by atoms with Crippen molar-refractivity contribution in [2.45, 2.75) is 70.7 Å². The molecule has 1 aliphatic carbocycles. The zero-order chi connectivity index (χ0) is 57.3. The van der Waals surface area contributed by atoms with E-state index in [1.165, 1.54) is 36.4 Å². The number of aliphatic hydroxyl groups excluding tert-OH is 1. The molecule has 0 bridgehead atoms. The molecule has 5 aliphatic rings. The molecular weight excluding hydrogens is 1080 g/mol. The van der Waals surface area contributed by atoms with E-state index in [9.17, 15) is 32.7 Å². The maximum Gasteiger partial charge on any atom is 0.361 e. The standard InChI is InChI=1S/C31H31ClFN3O4.C17H14FNO3.C15H10FNO3/c32-26-16-21(6-12-28(26)40-24-9-10-24)30(37)27(17-36-13-1-2-14-36)34-31(38)29-25-11-5-20(15-22(25)18-39-35-29)19-3-7-23(33)8-4-19;1-2-21-17(20)16-15-8-5-12(9-13(15)10-22-19-16)11-3-6-14(18)7-4-11;16-12-4-1-9(2-5-12)10-3-6-13-11(7-10)8-20-17-14(13)15(18)19/h3-8,11-12,15-16,24,27,30,37H,1-2,9-10,13-14,17-18H2,(H,34,38);3-9H,2,10H2,1H3;1-7H,8H2,(H,18,19)/t27-,30-;;/m1../s1. The zero-order valence-corrected chi connectivity index (χ0v) is 45.1. The fraction of sp³-hybridized carbons (Fsp3) is 0.238. The van der Waals surface area contributed by atoms with Gasteiger partial charge in [-0.05, 0) is 151 Å². The summed E-state index contributed by atoms with van der Waals surface area (Å²) in [6.07, 6.45) is 3.43. The van der Waals surface area contributed by atoms with E-state index in [2.05, 4.69) is 25.7 Å². The number of nitrogens with zero attached hydrogens (tertiary/aromatic N) is 4. The fourth-order valence-corrected chi connectivity index (χ4v) is 9.94. The molecule has 1 saturated heterocycles. The second-order valence-electron chi connectivity index (χ2n) is 19.8. The quantitative estimate of drug-likeness (QED) is 0.0879. The maximum atomic E-state index is 13.6. The average Bonchev–Trinajstić information content (AvgIpc) is 4.30. The first-order valence-electron chi connectivity index (χ1n) is 26.6. The van der Waals surface area contributed by atoms with Gasteiger partial charge in [-0.3, -0.25) is 4.79 Å². The molecule has 1 amide bonds. The fourth-order valence-electron chi connectivity index (χ4n) is 9.71. The predicted octanol–water partition coefficient (Wildman–Crippen LogP) is 11.3. The van der Waals surface area contributed by atoms with E-state index >= 15 is 0 Å². The van der Waals surface area contributed by atoms with Gasteiger partial charge in [-0.15, -0.1) is 0 Å². The first kappa shape index (κ1) is 56.4. The van der Waals surface area contributed by atoms with Gasteiger partial charge in [0.2, 0.25) is 0 Å². The van der Waals surface area contributed by atoms with Crippen LogP contribution >= 0.6 is 11.6 Å². The van der Waals surface area contributed by atoms with E-state index in [1.54, 1.807) is 73.7 Å². The Kier molecular flexibility index (Phi) is 17.7. The molecule has 19 heteroatoms. The number of rotatable bonds is 14. The number of aliphatic hydroxyl groups is 1. The number of hydrogen-bond acceptors (Lipinski definition) is 13. The number of oxime groups is 3. The summed E-state index contributed by atoms with van der Waals surface area (Å²) in [6.45, 7) is 5.04. The number of carbonyl (C=O) groups is 3. The summed E-state index contributed by atoms with van der Waals surface area (Å²) in [4.78, 5) is 54.2. The van der Waals surface area contributed by atoms with Crippen LogP contribution in [0.25, 0.3) is 33.4 Å². The second-order valence-corrected chi connectivity index (χ2v) is 20.2. The number of benzene rings is 7. The van der Waals surface area contributed by atoms with Crippen LogP contribution in [-0.2, 0) is 53.5 Å². The smallest absolute Gasteiger partial charge is 0.361 e. The van der Waals surface area contributed by atoms with Crippen molar-refractivity contribution < 1.29 is 61.8 Å². The molecule has 0 spiro atoms. The zero-order valence-electron chi connectivity index (χ0n) is 44.3. The van der Waals surface area contributed by atoms with Crippen molar-refractivity contribution in [3.8, 4) is 39.1 Å². The van der Waals surface area contributed by atoms with Crippen LogP contribution in [0.1, 0.15) is 77.7 Å². The van der Waals surface area contributed by atoms with Crippen LogP contribution in [-0.4, -0.2) is 88.5 Å². The number of carboxylic acid groups (broad SMARTS) is 1. The lowest BCUT2D eigenvalue weighted by molar-refractivity contribution is -0.135. The molecule has 12 rings (SSSR count). The van der Waals surface area contributed by atoms with Crippen molar-refractivity contribution in [2.24, 2.45) is 15.5 Å². The van der Waals surface area contributed by atoms with Gasteiger partial charge in [-0.25, -0.2) is 22.8 Å². The van der Waals surface area contributed by atoms with Crippen molar-refractivity contribution >= 4 is 46.6 Å². The Morgan fingerprint density at radius 2 is 1.06 bits per heavy atom. The molecule has 3 N–H and O–H groups in total. The van der Waals surface area contributed by atoms with Crippen LogP contribution in [0.3, 0.4) is 0 Å². The van der Waals surface area contributed by atoms with Gasteiger partial charge in [0, 0.05) is 39.9 Å². The van der Waals surface area contributed by atoms with Gasteiger partial charge in [-0.1, -0.05) is 106 Å². The van der Waals surface area contributed by atoms with Crippen LogP contribution in [0.4, 0.5) is 13.2 Å². The van der Waals surface area contributed by atoms with E-state index in [1.807, 2.05) is 42.5 Å². The average molecular weight is 1130 g/mol. The van der Waals surface area contributed by atoms with Crippen molar-refractivity contribution in [2.75, 3.05) is 26.2 Å². The normalized spacial score (nSPS) is 15.6. The Bertz CT molecular complexity index is 3590. The molecule has 0 aromatic heterocycles. The monoisotopic (exact) mass is 1130 g/mol. The minimum atomic E-state index is -1.12. The molecule has 2 fully saturated rings. The van der Waals surface area contributed by atoms with E-state index in [0.717, 1.165) is 88.8 Å². The van der Waals surface area contributed by atoms with Crippen LogP contribution < -0.4 is 10.1 Å². The lowest BCUT2D eigenvalue weighted by Gasteiger charge is -2.29. The van der Waals surface area contributed by atoms with Gasteiger partial charge in [0.05, 0.1) is 23.8 Å². The minimum Gasteiger partial charge on any atom is -0.489 e.